The van der Waals surface area contributed by atoms with Gasteiger partial charge in [0.2, 0.25) is 0 Å². The zero-order valence-corrected chi connectivity index (χ0v) is 8.45. The highest BCUT2D eigenvalue weighted by atomic mass is 19.3. The molecule has 0 spiro atoms. The minimum atomic E-state index is -2.23. The van der Waals surface area contributed by atoms with Gasteiger partial charge in [-0.2, -0.15) is 0 Å². The Morgan fingerprint density at radius 1 is 1.00 bits per heavy atom. The van der Waals surface area contributed by atoms with Crippen molar-refractivity contribution in [1.82, 2.24) is 10.6 Å². The zero-order valence-electron chi connectivity index (χ0n) is 8.45. The Bertz CT molecular complexity index is 95.8. The van der Waals surface area contributed by atoms with E-state index in [1.54, 1.807) is 0 Å². The van der Waals surface area contributed by atoms with Gasteiger partial charge < -0.3 is 10.6 Å². The van der Waals surface area contributed by atoms with Gasteiger partial charge in [0.15, 0.2) is 0 Å². The molecule has 0 bridgehead atoms. The third-order valence-electron chi connectivity index (χ3n) is 1.56. The minimum absolute atomic E-state index is 0.190. The summed E-state index contributed by atoms with van der Waals surface area (Å²) >= 11 is 0. The van der Waals surface area contributed by atoms with Crippen LogP contribution in [0.5, 0.6) is 0 Å². The van der Waals surface area contributed by atoms with Crippen molar-refractivity contribution in [2.24, 2.45) is 5.92 Å². The molecule has 0 aromatic heterocycles. The fraction of sp³-hybridized carbons (Fsp3) is 1.00. The SMILES string of the molecule is CC(C)CNCCCNCC(F)F. The van der Waals surface area contributed by atoms with Crippen molar-refractivity contribution >= 4 is 0 Å². The first-order valence-electron chi connectivity index (χ1n) is 4.82. The predicted molar refractivity (Wildman–Crippen MR) is 51.2 cm³/mol. The van der Waals surface area contributed by atoms with Gasteiger partial charge in [0, 0.05) is 0 Å². The summed E-state index contributed by atoms with van der Waals surface area (Å²) in [4.78, 5) is 0. The van der Waals surface area contributed by atoms with Crippen LogP contribution in [0.1, 0.15) is 20.3 Å². The maximum Gasteiger partial charge on any atom is 0.250 e. The van der Waals surface area contributed by atoms with E-state index in [0.717, 1.165) is 19.5 Å². The number of hydrogen-bond acceptors (Lipinski definition) is 2. The Balaban J connectivity index is 2.92. The van der Waals surface area contributed by atoms with Crippen LogP contribution in [-0.4, -0.2) is 32.6 Å². The van der Waals surface area contributed by atoms with Crippen LogP contribution in [0.25, 0.3) is 0 Å². The number of halogens is 2. The molecule has 0 atom stereocenters. The molecule has 0 radical (unpaired) electrons. The molecule has 4 heteroatoms. The molecule has 0 unspecified atom stereocenters. The summed E-state index contributed by atoms with van der Waals surface area (Å²) < 4.78 is 23.3. The van der Waals surface area contributed by atoms with Crippen LogP contribution in [0, 0.1) is 5.92 Å². The van der Waals surface area contributed by atoms with Gasteiger partial charge in [0.1, 0.15) is 0 Å². The van der Waals surface area contributed by atoms with Crippen molar-refractivity contribution in [3.05, 3.63) is 0 Å². The van der Waals surface area contributed by atoms with Crippen LogP contribution in [0.2, 0.25) is 0 Å². The predicted octanol–water partition coefficient (Wildman–Crippen LogP) is 1.48. The van der Waals surface area contributed by atoms with E-state index < -0.39 is 6.43 Å². The first-order chi connectivity index (χ1) is 6.13. The number of hydrogen-bond donors (Lipinski definition) is 2. The van der Waals surface area contributed by atoms with E-state index in [2.05, 4.69) is 24.5 Å². The van der Waals surface area contributed by atoms with Crippen molar-refractivity contribution in [2.75, 3.05) is 26.2 Å². The topological polar surface area (TPSA) is 24.1 Å². The van der Waals surface area contributed by atoms with Gasteiger partial charge in [-0.3, -0.25) is 0 Å². The van der Waals surface area contributed by atoms with E-state index in [1.165, 1.54) is 0 Å². The van der Waals surface area contributed by atoms with Crippen molar-refractivity contribution in [3.8, 4) is 0 Å². The largest absolute Gasteiger partial charge is 0.316 e. The van der Waals surface area contributed by atoms with Gasteiger partial charge >= 0.3 is 0 Å². The molecular formula is C9H20F2N2. The molecule has 0 aliphatic heterocycles. The molecule has 0 rings (SSSR count). The molecule has 80 valence electrons. The van der Waals surface area contributed by atoms with E-state index in [4.69, 9.17) is 0 Å². The van der Waals surface area contributed by atoms with Gasteiger partial charge in [-0.1, -0.05) is 13.8 Å². The van der Waals surface area contributed by atoms with Crippen LogP contribution in [0.3, 0.4) is 0 Å². The van der Waals surface area contributed by atoms with E-state index >= 15 is 0 Å². The second-order valence-corrected chi connectivity index (χ2v) is 3.55. The van der Waals surface area contributed by atoms with E-state index in [9.17, 15) is 8.78 Å². The number of nitrogens with one attached hydrogen (secondary N) is 2. The van der Waals surface area contributed by atoms with Gasteiger partial charge in [0.05, 0.1) is 6.54 Å². The zero-order chi connectivity index (χ0) is 10.1. The van der Waals surface area contributed by atoms with Crippen molar-refractivity contribution in [1.29, 1.82) is 0 Å². The Morgan fingerprint density at radius 2 is 1.54 bits per heavy atom. The van der Waals surface area contributed by atoms with Crippen LogP contribution in [-0.2, 0) is 0 Å². The molecule has 0 aliphatic carbocycles. The lowest BCUT2D eigenvalue weighted by molar-refractivity contribution is 0.146. The lowest BCUT2D eigenvalue weighted by atomic mass is 10.2. The smallest absolute Gasteiger partial charge is 0.250 e. The monoisotopic (exact) mass is 194 g/mol. The molecular weight excluding hydrogens is 174 g/mol. The summed E-state index contributed by atoms with van der Waals surface area (Å²) in [5.74, 6) is 0.647. The third-order valence-corrected chi connectivity index (χ3v) is 1.56. The highest BCUT2D eigenvalue weighted by Crippen LogP contribution is 1.88. The Hall–Kier alpha value is -0.220. The highest BCUT2D eigenvalue weighted by molar-refractivity contribution is 4.54. The van der Waals surface area contributed by atoms with Crippen molar-refractivity contribution in [3.63, 3.8) is 0 Å². The number of alkyl halides is 2. The van der Waals surface area contributed by atoms with E-state index in [0.29, 0.717) is 12.5 Å². The summed E-state index contributed by atoms with van der Waals surface area (Å²) in [6.45, 7) is 6.65. The third kappa shape index (κ3) is 11.8. The normalized spacial score (nSPS) is 11.5. The second-order valence-electron chi connectivity index (χ2n) is 3.55. The molecule has 0 saturated heterocycles. The average molecular weight is 194 g/mol. The molecule has 0 saturated carbocycles. The maximum atomic E-state index is 11.6. The van der Waals surface area contributed by atoms with E-state index in [-0.39, 0.29) is 6.54 Å². The molecule has 0 amide bonds. The molecule has 2 nitrogen and oxygen atoms in total. The fourth-order valence-electron chi connectivity index (χ4n) is 0.940. The first kappa shape index (κ1) is 12.8. The standard InChI is InChI=1S/C9H20F2N2/c1-8(2)6-12-4-3-5-13-7-9(10)11/h8-9,12-13H,3-7H2,1-2H3. The molecule has 2 N–H and O–H groups in total. The van der Waals surface area contributed by atoms with Gasteiger partial charge in [-0.15, -0.1) is 0 Å². The van der Waals surface area contributed by atoms with Crippen molar-refractivity contribution < 1.29 is 8.78 Å². The summed E-state index contributed by atoms with van der Waals surface area (Å²) in [5.41, 5.74) is 0. The van der Waals surface area contributed by atoms with Crippen LogP contribution in [0.4, 0.5) is 8.78 Å². The minimum Gasteiger partial charge on any atom is -0.316 e. The summed E-state index contributed by atoms with van der Waals surface area (Å²) in [6, 6.07) is 0. The van der Waals surface area contributed by atoms with Crippen LogP contribution >= 0.6 is 0 Å². The number of rotatable bonds is 8. The summed E-state index contributed by atoms with van der Waals surface area (Å²) in [7, 11) is 0. The van der Waals surface area contributed by atoms with Gasteiger partial charge in [-0.25, -0.2) is 8.78 Å². The molecule has 0 heterocycles. The molecule has 0 fully saturated rings. The van der Waals surface area contributed by atoms with Gasteiger partial charge in [0.25, 0.3) is 6.43 Å². The molecule has 0 aromatic carbocycles. The summed E-state index contributed by atoms with van der Waals surface area (Å²) in [5, 5.41) is 5.93. The Morgan fingerprint density at radius 3 is 2.00 bits per heavy atom. The highest BCUT2D eigenvalue weighted by Gasteiger charge is 1.99. The molecule has 13 heavy (non-hydrogen) atoms. The maximum absolute atomic E-state index is 11.6. The van der Waals surface area contributed by atoms with E-state index in [1.807, 2.05) is 0 Å². The lowest BCUT2D eigenvalue weighted by Crippen LogP contribution is -2.27. The Kier molecular flexibility index (Phi) is 8.24. The first-order valence-corrected chi connectivity index (χ1v) is 4.82. The van der Waals surface area contributed by atoms with Crippen LogP contribution < -0.4 is 10.6 Å². The quantitative estimate of drug-likeness (QED) is 0.572. The van der Waals surface area contributed by atoms with Gasteiger partial charge in [-0.05, 0) is 32.0 Å². The summed E-state index contributed by atoms with van der Waals surface area (Å²) in [6.07, 6.45) is -1.33. The second kappa shape index (κ2) is 8.38. The average Bonchev–Trinajstić information content (AvgIpc) is 2.01. The lowest BCUT2D eigenvalue weighted by Gasteiger charge is -2.07. The van der Waals surface area contributed by atoms with Crippen molar-refractivity contribution in [2.45, 2.75) is 26.7 Å². The molecule has 0 aromatic rings. The van der Waals surface area contributed by atoms with Crippen LogP contribution in [0.15, 0.2) is 0 Å². The fourth-order valence-corrected chi connectivity index (χ4v) is 0.940. The molecule has 0 aliphatic rings. The Labute approximate surface area is 79.1 Å².